The summed E-state index contributed by atoms with van der Waals surface area (Å²) in [5.74, 6) is 0.929. The van der Waals surface area contributed by atoms with Gasteiger partial charge in [0.25, 0.3) is 0 Å². The third kappa shape index (κ3) is 4.69. The monoisotopic (exact) mass is 464 g/mol. The number of aliphatic hydroxyl groups excluding tert-OH is 1. The average molecular weight is 465 g/mol. The molecule has 3 aromatic rings. The van der Waals surface area contributed by atoms with Crippen molar-refractivity contribution in [3.63, 3.8) is 0 Å². The molecule has 1 aromatic carbocycles. The zero-order valence-corrected chi connectivity index (χ0v) is 21.5. The predicted molar refractivity (Wildman–Crippen MR) is 139 cm³/mol. The van der Waals surface area contributed by atoms with E-state index in [0.717, 1.165) is 48.7 Å². The average Bonchev–Trinajstić information content (AvgIpc) is 3.28. The fraction of sp³-hybridized carbons (Fsp3) is 0.556. The highest BCUT2D eigenvalue weighted by Gasteiger charge is 2.37. The normalized spacial score (nSPS) is 24.2. The van der Waals surface area contributed by atoms with Crippen LogP contribution in [0.3, 0.4) is 0 Å². The van der Waals surface area contributed by atoms with E-state index in [4.69, 9.17) is 9.97 Å². The SMILES string of the molecule is CC.Cc1ccnc(C2CC(O)CC(c3nc4c(N5CCN(C)CC5)cccc4[nH]3)N2C)c1C. The molecule has 0 bridgehead atoms. The van der Waals surface area contributed by atoms with Gasteiger partial charge in [0.1, 0.15) is 11.3 Å². The van der Waals surface area contributed by atoms with E-state index in [0.29, 0.717) is 12.8 Å². The zero-order valence-electron chi connectivity index (χ0n) is 21.5. The molecule has 3 atom stereocenters. The Bertz CT molecular complexity index is 1100. The van der Waals surface area contributed by atoms with Gasteiger partial charge in [-0.05, 0) is 70.1 Å². The minimum Gasteiger partial charge on any atom is -0.393 e. The van der Waals surface area contributed by atoms with Crippen LogP contribution < -0.4 is 4.90 Å². The lowest BCUT2D eigenvalue weighted by Gasteiger charge is -2.41. The van der Waals surface area contributed by atoms with Crippen molar-refractivity contribution in [3.05, 3.63) is 53.1 Å². The van der Waals surface area contributed by atoms with Gasteiger partial charge in [0, 0.05) is 32.4 Å². The Morgan fingerprint density at radius 3 is 2.41 bits per heavy atom. The molecule has 2 saturated heterocycles. The van der Waals surface area contributed by atoms with Crippen LogP contribution in [0.25, 0.3) is 11.0 Å². The second-order valence-corrected chi connectivity index (χ2v) is 9.55. The van der Waals surface area contributed by atoms with Gasteiger partial charge in [0.2, 0.25) is 0 Å². The minimum atomic E-state index is -0.381. The number of para-hydroxylation sites is 1. The number of H-pyrrole nitrogens is 1. The molecule has 0 aliphatic carbocycles. The Kier molecular flexibility index (Phi) is 7.55. The van der Waals surface area contributed by atoms with Crippen LogP contribution in [0.4, 0.5) is 5.69 Å². The minimum absolute atomic E-state index is 0.0122. The van der Waals surface area contributed by atoms with Crippen LogP contribution in [0.2, 0.25) is 0 Å². The third-order valence-electron chi connectivity index (χ3n) is 7.47. The van der Waals surface area contributed by atoms with E-state index in [1.54, 1.807) is 0 Å². The highest BCUT2D eigenvalue weighted by Crippen LogP contribution is 2.41. The topological polar surface area (TPSA) is 71.5 Å². The molecule has 0 spiro atoms. The fourth-order valence-corrected chi connectivity index (χ4v) is 5.26. The highest BCUT2D eigenvalue weighted by molar-refractivity contribution is 5.89. The van der Waals surface area contributed by atoms with Crippen molar-refractivity contribution in [1.29, 1.82) is 0 Å². The molecule has 2 aromatic heterocycles. The second-order valence-electron chi connectivity index (χ2n) is 9.55. The maximum Gasteiger partial charge on any atom is 0.124 e. The standard InChI is InChI=1S/C25H34N6O.C2H6/c1-16-8-9-26-23(17(16)2)21-14-18(32)15-22(30(21)4)25-27-19-6-5-7-20(24(19)28-25)31-12-10-29(3)11-13-31;1-2/h5-9,18,21-22,32H,10-15H2,1-4H3,(H,27,28);1-2H3. The first-order chi connectivity index (χ1) is 16.4. The number of piperazine rings is 1. The molecule has 0 saturated carbocycles. The maximum atomic E-state index is 10.8. The maximum absolute atomic E-state index is 10.8. The Morgan fingerprint density at radius 1 is 0.971 bits per heavy atom. The van der Waals surface area contributed by atoms with Crippen molar-refractivity contribution in [2.45, 2.75) is 58.7 Å². The number of likely N-dealkylation sites (tertiary alicyclic amines) is 1. The molecule has 2 aliphatic rings. The summed E-state index contributed by atoms with van der Waals surface area (Å²) in [5.41, 5.74) is 6.79. The highest BCUT2D eigenvalue weighted by atomic mass is 16.3. The summed E-state index contributed by atoms with van der Waals surface area (Å²) in [4.78, 5) is 20.5. The van der Waals surface area contributed by atoms with Crippen molar-refractivity contribution >= 4 is 16.7 Å². The van der Waals surface area contributed by atoms with E-state index in [9.17, 15) is 5.11 Å². The van der Waals surface area contributed by atoms with Gasteiger partial charge in [-0.15, -0.1) is 0 Å². The third-order valence-corrected chi connectivity index (χ3v) is 7.47. The molecule has 34 heavy (non-hydrogen) atoms. The summed E-state index contributed by atoms with van der Waals surface area (Å²) < 4.78 is 0. The first-order valence-electron chi connectivity index (χ1n) is 12.7. The number of aliphatic hydroxyl groups is 1. The van der Waals surface area contributed by atoms with E-state index in [2.05, 4.69) is 71.9 Å². The fourth-order valence-electron chi connectivity index (χ4n) is 5.26. The molecule has 0 radical (unpaired) electrons. The number of imidazole rings is 1. The molecule has 5 rings (SSSR count). The van der Waals surface area contributed by atoms with E-state index in [-0.39, 0.29) is 18.2 Å². The number of hydrogen-bond acceptors (Lipinski definition) is 6. The van der Waals surface area contributed by atoms with Gasteiger partial charge in [-0.1, -0.05) is 19.9 Å². The molecular weight excluding hydrogens is 424 g/mol. The van der Waals surface area contributed by atoms with Crippen LogP contribution in [0, 0.1) is 13.8 Å². The van der Waals surface area contributed by atoms with Gasteiger partial charge in [0.05, 0.1) is 35.1 Å². The summed E-state index contributed by atoms with van der Waals surface area (Å²) in [6.45, 7) is 12.4. The van der Waals surface area contributed by atoms with E-state index >= 15 is 0 Å². The van der Waals surface area contributed by atoms with E-state index in [1.807, 2.05) is 20.0 Å². The second kappa shape index (κ2) is 10.4. The molecule has 2 N–H and O–H groups in total. The summed E-state index contributed by atoms with van der Waals surface area (Å²) in [7, 11) is 4.31. The molecule has 2 fully saturated rings. The number of hydrogen-bond donors (Lipinski definition) is 2. The molecule has 4 heterocycles. The molecule has 0 amide bonds. The summed E-state index contributed by atoms with van der Waals surface area (Å²) >= 11 is 0. The lowest BCUT2D eigenvalue weighted by atomic mass is 9.89. The van der Waals surface area contributed by atoms with Crippen molar-refractivity contribution < 1.29 is 5.11 Å². The number of nitrogens with one attached hydrogen (secondary N) is 1. The van der Waals surface area contributed by atoms with E-state index in [1.165, 1.54) is 16.8 Å². The van der Waals surface area contributed by atoms with Crippen molar-refractivity contribution in [2.75, 3.05) is 45.2 Å². The first-order valence-corrected chi connectivity index (χ1v) is 12.7. The van der Waals surface area contributed by atoms with Crippen LogP contribution in [-0.4, -0.2) is 76.2 Å². The molecular formula is C27H40N6O. The predicted octanol–water partition coefficient (Wildman–Crippen LogP) is 4.22. The van der Waals surface area contributed by atoms with Crippen LogP contribution >= 0.6 is 0 Å². The molecule has 3 unspecified atom stereocenters. The Morgan fingerprint density at radius 2 is 1.68 bits per heavy atom. The van der Waals surface area contributed by atoms with Crippen molar-refractivity contribution in [1.82, 2.24) is 24.8 Å². The van der Waals surface area contributed by atoms with Gasteiger partial charge in [-0.25, -0.2) is 4.98 Å². The summed E-state index contributed by atoms with van der Waals surface area (Å²) in [5, 5.41) is 10.8. The van der Waals surface area contributed by atoms with Gasteiger partial charge in [-0.2, -0.15) is 0 Å². The molecule has 7 heteroatoms. The van der Waals surface area contributed by atoms with Crippen molar-refractivity contribution in [2.24, 2.45) is 0 Å². The van der Waals surface area contributed by atoms with Crippen molar-refractivity contribution in [3.8, 4) is 0 Å². The molecule has 7 nitrogen and oxygen atoms in total. The largest absolute Gasteiger partial charge is 0.393 e. The number of nitrogens with zero attached hydrogens (tertiary/aromatic N) is 5. The number of piperidine rings is 1. The Labute approximate surface area is 203 Å². The lowest BCUT2D eigenvalue weighted by Crippen LogP contribution is -2.44. The van der Waals surface area contributed by atoms with Gasteiger partial charge < -0.3 is 19.9 Å². The quantitative estimate of drug-likeness (QED) is 0.605. The number of aryl methyl sites for hydroxylation is 1. The van der Waals surface area contributed by atoms with Crippen LogP contribution in [0.15, 0.2) is 30.5 Å². The number of fused-ring (bicyclic) bond motifs is 1. The van der Waals surface area contributed by atoms with Crippen LogP contribution in [0.5, 0.6) is 0 Å². The smallest absolute Gasteiger partial charge is 0.124 e. The Balaban J connectivity index is 0.00000133. The van der Waals surface area contributed by atoms with Gasteiger partial charge in [0.15, 0.2) is 0 Å². The van der Waals surface area contributed by atoms with E-state index < -0.39 is 0 Å². The molecule has 184 valence electrons. The Hall–Kier alpha value is -2.48. The number of anilines is 1. The number of benzene rings is 1. The number of likely N-dealkylation sites (N-methyl/N-ethyl adjacent to an activating group) is 1. The number of rotatable bonds is 3. The zero-order chi connectivity index (χ0) is 24.4. The lowest BCUT2D eigenvalue weighted by molar-refractivity contribution is 0.00960. The summed E-state index contributed by atoms with van der Waals surface area (Å²) in [6, 6.07) is 8.52. The molecule has 2 aliphatic heterocycles. The number of pyridine rings is 1. The number of aromatic amines is 1. The van der Waals surface area contributed by atoms with Crippen LogP contribution in [0.1, 0.15) is 61.4 Å². The van der Waals surface area contributed by atoms with Gasteiger partial charge >= 0.3 is 0 Å². The first kappa shape index (κ1) is 24.6. The van der Waals surface area contributed by atoms with Gasteiger partial charge in [-0.3, -0.25) is 9.88 Å². The van der Waals surface area contributed by atoms with Crippen LogP contribution in [-0.2, 0) is 0 Å². The summed E-state index contributed by atoms with van der Waals surface area (Å²) in [6.07, 6.45) is 2.86. The number of aromatic nitrogens is 3.